The smallest absolute Gasteiger partial charge is 0.289 e. The highest BCUT2D eigenvalue weighted by molar-refractivity contribution is 6.12. The fraction of sp³-hybridized carbons (Fsp3) is 0. The Morgan fingerprint density at radius 3 is 2.33 bits per heavy atom. The molecule has 0 saturated heterocycles. The zero-order valence-corrected chi connectivity index (χ0v) is 6.15. The summed E-state index contributed by atoms with van der Waals surface area (Å²) in [5.74, 6) is 0.225. The molecule has 0 atom stereocenters. The second-order valence-corrected chi connectivity index (χ2v) is 2.04. The normalized spacial score (nSPS) is 8.92. The molecule has 0 aliphatic carbocycles. The molecule has 12 heavy (non-hydrogen) atoms. The number of nitriles is 1. The maximum atomic E-state index is 8.46. The van der Waals surface area contributed by atoms with Gasteiger partial charge in [-0.2, -0.15) is 5.26 Å². The topological polar surface area (TPSA) is 127 Å². The fourth-order valence-electron chi connectivity index (χ4n) is 0.745. The number of hydrogen-bond donors (Lipinski definition) is 3. The first-order valence-corrected chi connectivity index (χ1v) is 3.05. The largest absolute Gasteiger partial charge is 0.383 e. The molecule has 0 saturated carbocycles. The third kappa shape index (κ3) is 1.15. The lowest BCUT2D eigenvalue weighted by Gasteiger charge is -1.98. The van der Waals surface area contributed by atoms with Crippen LogP contribution in [0, 0.1) is 11.3 Å². The molecule has 6 N–H and O–H groups in total. The van der Waals surface area contributed by atoms with Crippen LogP contribution < -0.4 is 16.9 Å². The van der Waals surface area contributed by atoms with Gasteiger partial charge in [0.1, 0.15) is 23.5 Å². The van der Waals surface area contributed by atoms with Crippen molar-refractivity contribution in [1.29, 1.82) is 5.26 Å². The van der Waals surface area contributed by atoms with Crippen LogP contribution in [-0.2, 0) is 0 Å². The van der Waals surface area contributed by atoms with Crippen LogP contribution in [-0.4, -0.2) is 15.7 Å². The molecule has 60 valence electrons. The SMILES string of the molecule is N#CC(=[NH2+])c1c(N)ncnc1N. The van der Waals surface area contributed by atoms with Gasteiger partial charge in [-0.25, -0.2) is 15.4 Å². The van der Waals surface area contributed by atoms with Gasteiger partial charge in [-0.1, -0.05) is 0 Å². The number of rotatable bonds is 1. The van der Waals surface area contributed by atoms with Crippen LogP contribution in [0.5, 0.6) is 0 Å². The number of nitrogens with zero attached hydrogens (tertiary/aromatic N) is 3. The minimum atomic E-state index is -0.0781. The molecular weight excluding hydrogens is 156 g/mol. The molecule has 0 spiro atoms. The first-order chi connectivity index (χ1) is 5.66. The standard InChI is InChI=1S/C6H6N6/c7-1-3(8)4-5(9)11-2-12-6(4)10/h2,8H,(H4,9,10,11,12)/p+1. The van der Waals surface area contributed by atoms with E-state index in [1.165, 1.54) is 6.33 Å². The van der Waals surface area contributed by atoms with Gasteiger partial charge < -0.3 is 11.5 Å². The lowest BCUT2D eigenvalue weighted by atomic mass is 10.2. The Labute approximate surface area is 68.4 Å². The molecule has 0 amide bonds. The summed E-state index contributed by atoms with van der Waals surface area (Å²) in [5, 5.41) is 13.8. The monoisotopic (exact) mass is 163 g/mol. The second kappa shape index (κ2) is 2.84. The molecule has 0 aromatic carbocycles. The van der Waals surface area contributed by atoms with Crippen molar-refractivity contribution in [2.24, 2.45) is 0 Å². The molecular formula is C6H7N6+. The molecule has 0 bridgehead atoms. The molecule has 6 nitrogen and oxygen atoms in total. The van der Waals surface area contributed by atoms with Gasteiger partial charge >= 0.3 is 0 Å². The van der Waals surface area contributed by atoms with E-state index in [1.807, 2.05) is 0 Å². The molecule has 0 aliphatic heterocycles. The van der Waals surface area contributed by atoms with Crippen LogP contribution in [0.4, 0.5) is 11.6 Å². The van der Waals surface area contributed by atoms with Gasteiger partial charge in [0.15, 0.2) is 6.07 Å². The highest BCUT2D eigenvalue weighted by Crippen LogP contribution is 2.12. The van der Waals surface area contributed by atoms with Crippen molar-refractivity contribution in [3.05, 3.63) is 11.9 Å². The summed E-state index contributed by atoms with van der Waals surface area (Å²) in [6, 6.07) is 1.72. The first kappa shape index (κ1) is 7.94. The lowest BCUT2D eigenvalue weighted by molar-refractivity contribution is -0.110. The second-order valence-electron chi connectivity index (χ2n) is 2.04. The van der Waals surface area contributed by atoms with Crippen molar-refractivity contribution >= 4 is 17.3 Å². The summed E-state index contributed by atoms with van der Waals surface area (Å²) >= 11 is 0. The van der Waals surface area contributed by atoms with Gasteiger partial charge in [-0.05, 0) is 0 Å². The maximum Gasteiger partial charge on any atom is 0.289 e. The van der Waals surface area contributed by atoms with Gasteiger partial charge in [0.25, 0.3) is 5.71 Å². The Bertz CT molecular complexity index is 343. The molecule has 0 aliphatic rings. The molecule has 0 radical (unpaired) electrons. The molecule has 1 rings (SSSR count). The van der Waals surface area contributed by atoms with E-state index in [-0.39, 0.29) is 22.9 Å². The van der Waals surface area contributed by atoms with Gasteiger partial charge in [0.2, 0.25) is 0 Å². The van der Waals surface area contributed by atoms with E-state index >= 15 is 0 Å². The minimum Gasteiger partial charge on any atom is -0.383 e. The number of hydrogen-bond acceptors (Lipinski definition) is 5. The summed E-state index contributed by atoms with van der Waals surface area (Å²) in [4.78, 5) is 7.29. The molecule has 0 fully saturated rings. The summed E-state index contributed by atoms with van der Waals surface area (Å²) < 4.78 is 0. The zero-order chi connectivity index (χ0) is 9.14. The first-order valence-electron chi connectivity index (χ1n) is 3.05. The zero-order valence-electron chi connectivity index (χ0n) is 6.15. The lowest BCUT2D eigenvalue weighted by Crippen LogP contribution is -2.40. The van der Waals surface area contributed by atoms with Gasteiger partial charge in [0.05, 0.1) is 0 Å². The quantitative estimate of drug-likeness (QED) is 0.401. The van der Waals surface area contributed by atoms with Crippen LogP contribution in [0.1, 0.15) is 5.56 Å². The van der Waals surface area contributed by atoms with E-state index in [9.17, 15) is 0 Å². The number of nitrogens with two attached hydrogens (primary N) is 3. The Morgan fingerprint density at radius 1 is 1.42 bits per heavy atom. The minimum absolute atomic E-state index is 0.0781. The predicted molar refractivity (Wildman–Crippen MR) is 42.5 cm³/mol. The number of anilines is 2. The van der Waals surface area contributed by atoms with Crippen LogP contribution in [0.3, 0.4) is 0 Å². The van der Waals surface area contributed by atoms with E-state index in [4.69, 9.17) is 22.1 Å². The van der Waals surface area contributed by atoms with Crippen LogP contribution >= 0.6 is 0 Å². The van der Waals surface area contributed by atoms with Gasteiger partial charge in [-0.3, -0.25) is 0 Å². The van der Waals surface area contributed by atoms with E-state index in [0.29, 0.717) is 0 Å². The van der Waals surface area contributed by atoms with Gasteiger partial charge in [0, 0.05) is 0 Å². The molecule has 1 aromatic heterocycles. The summed E-state index contributed by atoms with van der Waals surface area (Å²) in [5.41, 5.74) is 11.0. The molecule has 1 aromatic rings. The van der Waals surface area contributed by atoms with Gasteiger partial charge in [-0.15, -0.1) is 0 Å². The van der Waals surface area contributed by atoms with E-state index < -0.39 is 0 Å². The Hall–Kier alpha value is -2.16. The van der Waals surface area contributed by atoms with Crippen molar-refractivity contribution in [1.82, 2.24) is 9.97 Å². The van der Waals surface area contributed by atoms with Crippen molar-refractivity contribution < 1.29 is 5.41 Å². The summed E-state index contributed by atoms with van der Waals surface area (Å²) in [6.07, 6.45) is 1.21. The molecule has 0 unspecified atom stereocenters. The number of aromatic nitrogens is 2. The fourth-order valence-corrected chi connectivity index (χ4v) is 0.745. The summed E-state index contributed by atoms with van der Waals surface area (Å²) in [7, 11) is 0. The Kier molecular flexibility index (Phi) is 1.88. The maximum absolute atomic E-state index is 8.46. The van der Waals surface area contributed by atoms with Crippen molar-refractivity contribution in [2.45, 2.75) is 0 Å². The Morgan fingerprint density at radius 2 is 1.92 bits per heavy atom. The van der Waals surface area contributed by atoms with E-state index in [1.54, 1.807) is 6.07 Å². The van der Waals surface area contributed by atoms with Crippen LogP contribution in [0.2, 0.25) is 0 Å². The average molecular weight is 163 g/mol. The van der Waals surface area contributed by atoms with E-state index in [2.05, 4.69) is 9.97 Å². The van der Waals surface area contributed by atoms with Crippen LogP contribution in [0.25, 0.3) is 0 Å². The highest BCUT2D eigenvalue weighted by atomic mass is 15.0. The summed E-state index contributed by atoms with van der Waals surface area (Å²) in [6.45, 7) is 0. The molecule has 6 heteroatoms. The van der Waals surface area contributed by atoms with Crippen molar-refractivity contribution in [3.8, 4) is 6.07 Å². The molecule has 1 heterocycles. The Balaban J connectivity index is 3.33. The predicted octanol–water partition coefficient (Wildman–Crippen LogP) is -2.29. The highest BCUT2D eigenvalue weighted by Gasteiger charge is 2.15. The van der Waals surface area contributed by atoms with Crippen LogP contribution in [0.15, 0.2) is 6.33 Å². The average Bonchev–Trinajstić information content (AvgIpc) is 2.03. The third-order valence-electron chi connectivity index (χ3n) is 1.30. The van der Waals surface area contributed by atoms with Crippen molar-refractivity contribution in [3.63, 3.8) is 0 Å². The number of nitrogen functional groups attached to an aromatic ring is 2. The van der Waals surface area contributed by atoms with E-state index in [0.717, 1.165) is 0 Å². The van der Waals surface area contributed by atoms with Crippen molar-refractivity contribution in [2.75, 3.05) is 11.5 Å². The third-order valence-corrected chi connectivity index (χ3v) is 1.30.